The largest absolute Gasteiger partial charge is 0.494 e. The van der Waals surface area contributed by atoms with Crippen LogP contribution in [0.3, 0.4) is 0 Å². The normalized spacial score (nSPS) is 16.1. The number of carbonyl (C=O) groups is 1. The number of benzene rings is 2. The molecule has 0 radical (unpaired) electrons. The van der Waals surface area contributed by atoms with Gasteiger partial charge in [-0.05, 0) is 31.2 Å². The Morgan fingerprint density at radius 3 is 1.84 bits per heavy atom. The van der Waals surface area contributed by atoms with Crippen molar-refractivity contribution in [3.63, 3.8) is 0 Å². The van der Waals surface area contributed by atoms with E-state index >= 15 is 0 Å². The average Bonchev–Trinajstić information content (AvgIpc) is 3.02. The van der Waals surface area contributed by atoms with Gasteiger partial charge in [-0.25, -0.2) is 13.4 Å². The highest BCUT2D eigenvalue weighted by molar-refractivity contribution is 7.88. The molecule has 0 bridgehead atoms. The molecule has 44 heavy (non-hydrogen) atoms. The number of aryl methyl sites for hydroxylation is 1. The van der Waals surface area contributed by atoms with E-state index in [0.717, 1.165) is 41.4 Å². The van der Waals surface area contributed by atoms with E-state index in [1.54, 1.807) is 27.3 Å². The minimum Gasteiger partial charge on any atom is -0.494 e. The average molecular weight is 625 g/mol. The molecule has 1 aromatic heterocycles. The molecule has 2 saturated heterocycles. The zero-order chi connectivity index (χ0) is 31.4. The van der Waals surface area contributed by atoms with Gasteiger partial charge in [0.15, 0.2) is 0 Å². The van der Waals surface area contributed by atoms with Gasteiger partial charge >= 0.3 is 0 Å². The van der Waals surface area contributed by atoms with Crippen molar-refractivity contribution < 1.29 is 22.7 Å². The fraction of sp³-hybridized carbons (Fsp3) is 0.433. The van der Waals surface area contributed by atoms with Gasteiger partial charge in [-0.3, -0.25) is 4.79 Å². The number of amides is 1. The maximum atomic E-state index is 11.9. The van der Waals surface area contributed by atoms with Crippen LogP contribution in [-0.2, 0) is 14.8 Å². The summed E-state index contributed by atoms with van der Waals surface area (Å²) < 4.78 is 36.7. The molecule has 1 amide bonds. The Morgan fingerprint density at radius 2 is 1.34 bits per heavy atom. The van der Waals surface area contributed by atoms with Crippen LogP contribution in [0.1, 0.15) is 12.5 Å². The molecule has 5 rings (SSSR count). The first kappa shape index (κ1) is 31.1. The summed E-state index contributed by atoms with van der Waals surface area (Å²) in [5.74, 6) is 2.42. The van der Waals surface area contributed by atoms with E-state index in [4.69, 9.17) is 14.5 Å². The number of sulfonamides is 1. The second kappa shape index (κ2) is 13.1. The third kappa shape index (κ3) is 7.08. The van der Waals surface area contributed by atoms with E-state index in [-0.39, 0.29) is 5.91 Å². The molecule has 2 fully saturated rings. The zero-order valence-electron chi connectivity index (χ0n) is 25.8. The smallest absolute Gasteiger partial charge is 0.229 e. The van der Waals surface area contributed by atoms with Crippen LogP contribution in [0, 0.1) is 6.92 Å². The van der Waals surface area contributed by atoms with Gasteiger partial charge in [-0.15, -0.1) is 0 Å². The quantitative estimate of drug-likeness (QED) is 0.364. The van der Waals surface area contributed by atoms with Gasteiger partial charge in [-0.2, -0.15) is 9.29 Å². The molecule has 2 N–H and O–H groups in total. The second-order valence-electron chi connectivity index (χ2n) is 10.9. The number of nitrogens with one attached hydrogen (secondary N) is 2. The molecule has 0 atom stereocenters. The Hall–Kier alpha value is -4.30. The number of aromatic nitrogens is 2. The Labute approximate surface area is 258 Å². The highest BCUT2D eigenvalue weighted by atomic mass is 32.2. The van der Waals surface area contributed by atoms with Gasteiger partial charge < -0.3 is 34.8 Å². The summed E-state index contributed by atoms with van der Waals surface area (Å²) >= 11 is 0. The van der Waals surface area contributed by atoms with Gasteiger partial charge in [0.25, 0.3) is 0 Å². The van der Waals surface area contributed by atoms with Crippen molar-refractivity contribution in [1.82, 2.24) is 19.2 Å². The number of hydrogen-bond acceptors (Lipinski definition) is 11. The molecule has 0 saturated carbocycles. The van der Waals surface area contributed by atoms with Crippen molar-refractivity contribution in [1.29, 1.82) is 0 Å². The van der Waals surface area contributed by atoms with Crippen molar-refractivity contribution in [3.8, 4) is 11.5 Å². The first-order valence-electron chi connectivity index (χ1n) is 14.5. The fourth-order valence-electron chi connectivity index (χ4n) is 5.39. The van der Waals surface area contributed by atoms with E-state index in [1.807, 2.05) is 48.2 Å². The lowest BCUT2D eigenvalue weighted by Crippen LogP contribution is -2.48. The molecule has 0 aliphatic carbocycles. The number of piperazine rings is 2. The SMILES string of the molecule is COc1cc(N2CCN(C(C)=O)CC2)ccc1Nc1ncc(C)c(Nc2ccc(N3CCN(S(C)(=O)=O)CC3)cc2OC)n1. The van der Waals surface area contributed by atoms with Gasteiger partial charge in [0.2, 0.25) is 21.9 Å². The summed E-state index contributed by atoms with van der Waals surface area (Å²) in [5.41, 5.74) is 4.30. The van der Waals surface area contributed by atoms with Crippen LogP contribution >= 0.6 is 0 Å². The number of carbonyl (C=O) groups excluding carboxylic acids is 1. The molecule has 0 spiro atoms. The van der Waals surface area contributed by atoms with Crippen molar-refractivity contribution in [2.75, 3.05) is 93.3 Å². The number of ether oxygens (including phenoxy) is 2. The van der Waals surface area contributed by atoms with Crippen molar-refractivity contribution >= 4 is 50.4 Å². The van der Waals surface area contributed by atoms with E-state index in [0.29, 0.717) is 62.5 Å². The second-order valence-corrected chi connectivity index (χ2v) is 12.9. The molecule has 2 aliphatic heterocycles. The number of rotatable bonds is 9. The third-order valence-electron chi connectivity index (χ3n) is 8.00. The lowest BCUT2D eigenvalue weighted by Gasteiger charge is -2.35. The molecular formula is C30H40N8O5S. The van der Waals surface area contributed by atoms with Crippen LogP contribution in [-0.4, -0.2) is 106 Å². The maximum Gasteiger partial charge on any atom is 0.229 e. The Balaban J connectivity index is 1.28. The van der Waals surface area contributed by atoms with E-state index in [1.165, 1.54) is 10.6 Å². The maximum absolute atomic E-state index is 11.9. The predicted octanol–water partition coefficient (Wildman–Crippen LogP) is 3.04. The zero-order valence-corrected chi connectivity index (χ0v) is 26.6. The van der Waals surface area contributed by atoms with Crippen molar-refractivity contribution in [2.45, 2.75) is 13.8 Å². The first-order valence-corrected chi connectivity index (χ1v) is 16.3. The van der Waals surface area contributed by atoms with Crippen LogP contribution in [0.5, 0.6) is 11.5 Å². The highest BCUT2D eigenvalue weighted by Gasteiger charge is 2.24. The molecule has 236 valence electrons. The fourth-order valence-corrected chi connectivity index (χ4v) is 6.22. The minimum absolute atomic E-state index is 0.103. The van der Waals surface area contributed by atoms with E-state index in [2.05, 4.69) is 25.4 Å². The lowest BCUT2D eigenvalue weighted by molar-refractivity contribution is -0.129. The van der Waals surface area contributed by atoms with Crippen molar-refractivity contribution in [2.24, 2.45) is 0 Å². The Morgan fingerprint density at radius 1 is 0.818 bits per heavy atom. The minimum atomic E-state index is -3.19. The first-order chi connectivity index (χ1) is 21.0. The third-order valence-corrected chi connectivity index (χ3v) is 9.31. The number of anilines is 6. The van der Waals surface area contributed by atoms with Gasteiger partial charge in [0, 0.05) is 94.5 Å². The van der Waals surface area contributed by atoms with Crippen LogP contribution in [0.4, 0.5) is 34.5 Å². The molecule has 3 heterocycles. The standard InChI is InChI=1S/C30H40N8O5S/c1-21-20-31-30(33-26-9-7-23(19-28(26)43-4)36-12-10-35(11-13-36)22(2)39)34-29(21)32-25-8-6-24(18-27(25)42-3)37-14-16-38(17-15-37)44(5,40)41/h6-9,18-20H,10-17H2,1-5H3,(H2,31,32,33,34). The molecule has 2 aliphatic rings. The topological polar surface area (TPSA) is 132 Å². The summed E-state index contributed by atoms with van der Waals surface area (Å²) in [4.78, 5) is 27.1. The molecule has 2 aromatic carbocycles. The van der Waals surface area contributed by atoms with E-state index in [9.17, 15) is 13.2 Å². The Kier molecular flexibility index (Phi) is 9.30. The highest BCUT2D eigenvalue weighted by Crippen LogP contribution is 2.35. The summed E-state index contributed by atoms with van der Waals surface area (Å²) in [6.07, 6.45) is 2.99. The Bertz CT molecular complexity index is 1600. The van der Waals surface area contributed by atoms with Gasteiger partial charge in [-0.1, -0.05) is 0 Å². The molecule has 0 unspecified atom stereocenters. The van der Waals surface area contributed by atoms with Crippen LogP contribution in [0.15, 0.2) is 42.6 Å². The summed E-state index contributed by atoms with van der Waals surface area (Å²) in [6.45, 7) is 8.54. The summed E-state index contributed by atoms with van der Waals surface area (Å²) in [6, 6.07) is 11.8. The van der Waals surface area contributed by atoms with Crippen LogP contribution in [0.2, 0.25) is 0 Å². The van der Waals surface area contributed by atoms with Gasteiger partial charge in [0.1, 0.15) is 17.3 Å². The number of hydrogen-bond donors (Lipinski definition) is 2. The van der Waals surface area contributed by atoms with E-state index < -0.39 is 10.0 Å². The molecule has 13 nitrogen and oxygen atoms in total. The molecule has 14 heteroatoms. The molecule has 3 aromatic rings. The van der Waals surface area contributed by atoms with Crippen LogP contribution in [0.25, 0.3) is 0 Å². The summed E-state index contributed by atoms with van der Waals surface area (Å²) in [7, 11) is 0.0503. The van der Waals surface area contributed by atoms with Gasteiger partial charge in [0.05, 0.1) is 31.9 Å². The predicted molar refractivity (Wildman–Crippen MR) is 172 cm³/mol. The number of methoxy groups -OCH3 is 2. The number of nitrogens with zero attached hydrogens (tertiary/aromatic N) is 6. The lowest BCUT2D eigenvalue weighted by atomic mass is 10.2. The summed E-state index contributed by atoms with van der Waals surface area (Å²) in [5, 5.41) is 6.66. The monoisotopic (exact) mass is 624 g/mol. The van der Waals surface area contributed by atoms with Crippen molar-refractivity contribution in [3.05, 3.63) is 48.2 Å². The van der Waals surface area contributed by atoms with Crippen LogP contribution < -0.4 is 29.9 Å². The molecular weight excluding hydrogens is 584 g/mol.